The summed E-state index contributed by atoms with van der Waals surface area (Å²) >= 11 is 0. The molecule has 0 bridgehead atoms. The topological polar surface area (TPSA) is 75.6 Å². The van der Waals surface area contributed by atoms with Crippen molar-refractivity contribution < 1.29 is 19.4 Å². The number of hydrogen-bond donors (Lipinski definition) is 2. The zero-order valence-electron chi connectivity index (χ0n) is 11.0. The Morgan fingerprint density at radius 2 is 2.21 bits per heavy atom. The number of carboxylic acid groups (broad SMARTS) is 1. The Morgan fingerprint density at radius 3 is 2.79 bits per heavy atom. The van der Waals surface area contributed by atoms with Crippen molar-refractivity contribution in [1.29, 1.82) is 0 Å². The molecule has 0 saturated heterocycles. The van der Waals surface area contributed by atoms with E-state index < -0.39 is 12.1 Å². The normalized spacial score (nSPS) is 11.5. The zero-order valence-corrected chi connectivity index (χ0v) is 11.0. The molecule has 1 atom stereocenters. The highest BCUT2D eigenvalue weighted by Crippen LogP contribution is 2.21. The summed E-state index contributed by atoms with van der Waals surface area (Å²) in [5, 5.41) is 11.5. The SMILES string of the molecule is C=CCNC(=O)[C@@H](C)Oc1cc(C(=O)O)ccc1C. The molecule has 0 aromatic heterocycles. The van der Waals surface area contributed by atoms with E-state index in [0.717, 1.165) is 5.56 Å². The lowest BCUT2D eigenvalue weighted by atomic mass is 10.1. The van der Waals surface area contributed by atoms with Crippen molar-refractivity contribution in [2.45, 2.75) is 20.0 Å². The molecule has 0 unspecified atom stereocenters. The van der Waals surface area contributed by atoms with Gasteiger partial charge in [-0.15, -0.1) is 6.58 Å². The molecular weight excluding hydrogens is 246 g/mol. The van der Waals surface area contributed by atoms with Crippen LogP contribution in [0.25, 0.3) is 0 Å². The van der Waals surface area contributed by atoms with Gasteiger partial charge in [-0.1, -0.05) is 12.1 Å². The molecule has 2 N–H and O–H groups in total. The Kier molecular flexibility index (Phi) is 5.11. The number of hydrogen-bond acceptors (Lipinski definition) is 3. The van der Waals surface area contributed by atoms with Gasteiger partial charge in [0.15, 0.2) is 6.10 Å². The van der Waals surface area contributed by atoms with Gasteiger partial charge in [-0.05, 0) is 31.5 Å². The third-order valence-corrected chi connectivity index (χ3v) is 2.53. The summed E-state index contributed by atoms with van der Waals surface area (Å²) in [5.74, 6) is -0.921. The monoisotopic (exact) mass is 263 g/mol. The average molecular weight is 263 g/mol. The quantitative estimate of drug-likeness (QED) is 0.767. The molecule has 0 aliphatic rings. The molecule has 1 aromatic rings. The summed E-state index contributed by atoms with van der Waals surface area (Å²) in [5.41, 5.74) is 0.896. The Bertz CT molecular complexity index is 496. The van der Waals surface area contributed by atoms with Crippen LogP contribution < -0.4 is 10.1 Å². The molecule has 1 rings (SSSR count). The fraction of sp³-hybridized carbons (Fsp3) is 0.286. The van der Waals surface area contributed by atoms with Crippen molar-refractivity contribution in [3.63, 3.8) is 0 Å². The third-order valence-electron chi connectivity index (χ3n) is 2.53. The maximum Gasteiger partial charge on any atom is 0.335 e. The van der Waals surface area contributed by atoms with Gasteiger partial charge in [0.1, 0.15) is 5.75 Å². The zero-order chi connectivity index (χ0) is 14.4. The van der Waals surface area contributed by atoms with Gasteiger partial charge >= 0.3 is 5.97 Å². The third kappa shape index (κ3) is 4.13. The van der Waals surface area contributed by atoms with E-state index in [2.05, 4.69) is 11.9 Å². The van der Waals surface area contributed by atoms with Crippen LogP contribution in [0.4, 0.5) is 0 Å². The number of carboxylic acids is 1. The molecule has 1 amide bonds. The summed E-state index contributed by atoms with van der Waals surface area (Å²) in [6.45, 7) is 7.25. The van der Waals surface area contributed by atoms with Gasteiger partial charge in [0.25, 0.3) is 5.91 Å². The summed E-state index contributed by atoms with van der Waals surface area (Å²) in [6, 6.07) is 4.55. The summed E-state index contributed by atoms with van der Waals surface area (Å²) in [7, 11) is 0. The minimum absolute atomic E-state index is 0.124. The van der Waals surface area contributed by atoms with Crippen LogP contribution in [-0.2, 0) is 4.79 Å². The fourth-order valence-electron chi connectivity index (χ4n) is 1.42. The molecule has 5 nitrogen and oxygen atoms in total. The molecule has 0 aliphatic carbocycles. The minimum Gasteiger partial charge on any atom is -0.481 e. The van der Waals surface area contributed by atoms with Crippen molar-refractivity contribution in [1.82, 2.24) is 5.32 Å². The molecule has 0 fully saturated rings. The second-order valence-corrected chi connectivity index (χ2v) is 4.08. The van der Waals surface area contributed by atoms with Crippen LogP contribution in [0.3, 0.4) is 0 Å². The van der Waals surface area contributed by atoms with Crippen molar-refractivity contribution in [3.05, 3.63) is 42.0 Å². The van der Waals surface area contributed by atoms with Crippen molar-refractivity contribution >= 4 is 11.9 Å². The van der Waals surface area contributed by atoms with Crippen LogP contribution in [0, 0.1) is 6.92 Å². The molecule has 0 spiro atoms. The summed E-state index contributed by atoms with van der Waals surface area (Å²) in [4.78, 5) is 22.5. The summed E-state index contributed by atoms with van der Waals surface area (Å²) < 4.78 is 5.49. The van der Waals surface area contributed by atoms with E-state index in [1.165, 1.54) is 12.1 Å². The Hall–Kier alpha value is -2.30. The number of ether oxygens (including phenoxy) is 1. The molecular formula is C14H17NO4. The second-order valence-electron chi connectivity index (χ2n) is 4.08. The number of rotatable bonds is 6. The van der Waals surface area contributed by atoms with Gasteiger partial charge in [0.05, 0.1) is 5.56 Å². The van der Waals surface area contributed by atoms with Gasteiger partial charge < -0.3 is 15.2 Å². The van der Waals surface area contributed by atoms with E-state index in [1.807, 2.05) is 0 Å². The first-order valence-corrected chi connectivity index (χ1v) is 5.85. The molecule has 0 radical (unpaired) electrons. The average Bonchev–Trinajstić information content (AvgIpc) is 2.38. The lowest BCUT2D eigenvalue weighted by molar-refractivity contribution is -0.127. The highest BCUT2D eigenvalue weighted by atomic mass is 16.5. The van der Waals surface area contributed by atoms with Crippen molar-refractivity contribution in [3.8, 4) is 5.75 Å². The first kappa shape index (κ1) is 14.8. The number of aromatic carboxylic acids is 1. The van der Waals surface area contributed by atoms with Crippen LogP contribution in [0.5, 0.6) is 5.75 Å². The van der Waals surface area contributed by atoms with Gasteiger partial charge in [0, 0.05) is 6.54 Å². The van der Waals surface area contributed by atoms with E-state index >= 15 is 0 Å². The van der Waals surface area contributed by atoms with Gasteiger partial charge in [0.2, 0.25) is 0 Å². The Labute approximate surface area is 111 Å². The van der Waals surface area contributed by atoms with Gasteiger partial charge in [-0.3, -0.25) is 4.79 Å². The number of carbonyl (C=O) groups excluding carboxylic acids is 1. The maximum atomic E-state index is 11.6. The van der Waals surface area contributed by atoms with Crippen LogP contribution in [-0.4, -0.2) is 29.6 Å². The molecule has 1 aromatic carbocycles. The van der Waals surface area contributed by atoms with Crippen LogP contribution >= 0.6 is 0 Å². The van der Waals surface area contributed by atoms with Crippen molar-refractivity contribution in [2.24, 2.45) is 0 Å². The van der Waals surface area contributed by atoms with E-state index in [4.69, 9.17) is 9.84 Å². The second kappa shape index (κ2) is 6.58. The number of carbonyl (C=O) groups is 2. The molecule has 102 valence electrons. The largest absolute Gasteiger partial charge is 0.481 e. The van der Waals surface area contributed by atoms with E-state index in [9.17, 15) is 9.59 Å². The number of amides is 1. The molecule has 0 heterocycles. The molecule has 0 aliphatic heterocycles. The minimum atomic E-state index is -1.03. The number of aryl methyl sites for hydroxylation is 1. The standard InChI is InChI=1S/C14H17NO4/c1-4-7-15-13(16)10(3)19-12-8-11(14(17)18)6-5-9(12)2/h4-6,8,10H,1,7H2,2-3H3,(H,15,16)(H,17,18)/t10-/m1/s1. The van der Waals surface area contributed by atoms with Crippen LogP contribution in [0.1, 0.15) is 22.8 Å². The van der Waals surface area contributed by atoms with Gasteiger partial charge in [-0.25, -0.2) is 4.79 Å². The van der Waals surface area contributed by atoms with Crippen LogP contribution in [0.15, 0.2) is 30.9 Å². The Morgan fingerprint density at radius 1 is 1.53 bits per heavy atom. The molecule has 19 heavy (non-hydrogen) atoms. The highest BCUT2D eigenvalue weighted by molar-refractivity contribution is 5.88. The predicted molar refractivity (Wildman–Crippen MR) is 71.4 cm³/mol. The number of nitrogens with one attached hydrogen (secondary N) is 1. The van der Waals surface area contributed by atoms with E-state index in [0.29, 0.717) is 12.3 Å². The first-order valence-electron chi connectivity index (χ1n) is 5.85. The number of benzene rings is 1. The van der Waals surface area contributed by atoms with Crippen LogP contribution in [0.2, 0.25) is 0 Å². The first-order chi connectivity index (χ1) is 8.95. The van der Waals surface area contributed by atoms with Gasteiger partial charge in [-0.2, -0.15) is 0 Å². The highest BCUT2D eigenvalue weighted by Gasteiger charge is 2.16. The smallest absolute Gasteiger partial charge is 0.335 e. The predicted octanol–water partition coefficient (Wildman–Crippen LogP) is 1.76. The van der Waals surface area contributed by atoms with Crippen molar-refractivity contribution in [2.75, 3.05) is 6.54 Å². The lowest BCUT2D eigenvalue weighted by Crippen LogP contribution is -2.36. The molecule has 0 saturated carbocycles. The van der Waals surface area contributed by atoms with E-state index in [1.54, 1.807) is 26.0 Å². The molecule has 5 heteroatoms. The van der Waals surface area contributed by atoms with E-state index in [-0.39, 0.29) is 11.5 Å². The lowest BCUT2D eigenvalue weighted by Gasteiger charge is -2.16. The Balaban J connectivity index is 2.80. The maximum absolute atomic E-state index is 11.6. The summed E-state index contributed by atoms with van der Waals surface area (Å²) in [6.07, 6.45) is 0.865. The fourth-order valence-corrected chi connectivity index (χ4v) is 1.42.